The van der Waals surface area contributed by atoms with Crippen molar-refractivity contribution in [2.24, 2.45) is 0 Å². The molecule has 1 aromatic carbocycles. The maximum Gasteiger partial charge on any atom is 0.427 e. The average Bonchev–Trinajstić information content (AvgIpc) is 2.36. The molecule has 0 aliphatic rings. The Balaban J connectivity index is 3.27. The summed E-state index contributed by atoms with van der Waals surface area (Å²) in [6.45, 7) is 5.70. The van der Waals surface area contributed by atoms with Gasteiger partial charge in [-0.25, -0.2) is 8.78 Å². The van der Waals surface area contributed by atoms with Crippen LogP contribution in [0.4, 0.5) is 22.0 Å². The molecule has 1 atom stereocenters. The zero-order chi connectivity index (χ0) is 15.8. The quantitative estimate of drug-likeness (QED) is 0.817. The van der Waals surface area contributed by atoms with E-state index in [0.717, 1.165) is 24.1 Å². The molecule has 20 heavy (non-hydrogen) atoms. The Labute approximate surface area is 114 Å². The van der Waals surface area contributed by atoms with Crippen molar-refractivity contribution in [3.8, 4) is 0 Å². The summed E-state index contributed by atoms with van der Waals surface area (Å²) in [4.78, 5) is 0. The Kier molecular flexibility index (Phi) is 4.49. The van der Waals surface area contributed by atoms with Gasteiger partial charge in [-0.3, -0.25) is 0 Å². The van der Waals surface area contributed by atoms with Gasteiger partial charge in [0.05, 0.1) is 0 Å². The van der Waals surface area contributed by atoms with Crippen LogP contribution in [0.1, 0.15) is 38.3 Å². The van der Waals surface area contributed by atoms with Crippen LogP contribution in [-0.2, 0) is 11.0 Å². The Bertz CT molecular complexity index is 450. The first-order valence-corrected chi connectivity index (χ1v) is 6.15. The second kappa shape index (κ2) is 5.31. The minimum Gasteiger partial charge on any atom is -0.372 e. The highest BCUT2D eigenvalue weighted by atomic mass is 19.4. The molecular formula is C14H17F5O. The molecule has 0 amide bonds. The zero-order valence-electron chi connectivity index (χ0n) is 11.4. The van der Waals surface area contributed by atoms with Crippen molar-refractivity contribution in [1.82, 2.24) is 0 Å². The Morgan fingerprint density at radius 3 is 1.70 bits per heavy atom. The van der Waals surface area contributed by atoms with Gasteiger partial charge in [0, 0.05) is 0 Å². The third-order valence-electron chi connectivity index (χ3n) is 3.74. The lowest BCUT2D eigenvalue weighted by Crippen LogP contribution is -2.48. The minimum atomic E-state index is -5.44. The van der Waals surface area contributed by atoms with Crippen LogP contribution in [0.3, 0.4) is 0 Å². The van der Waals surface area contributed by atoms with Crippen LogP contribution in [0.25, 0.3) is 0 Å². The van der Waals surface area contributed by atoms with E-state index >= 15 is 0 Å². The van der Waals surface area contributed by atoms with E-state index in [1.54, 1.807) is 0 Å². The Morgan fingerprint density at radius 2 is 1.40 bits per heavy atom. The summed E-state index contributed by atoms with van der Waals surface area (Å²) in [6.07, 6.45) is -8.65. The van der Waals surface area contributed by atoms with Crippen molar-refractivity contribution >= 4 is 0 Å². The maximum absolute atomic E-state index is 12.7. The maximum atomic E-state index is 12.7. The summed E-state index contributed by atoms with van der Waals surface area (Å²) in [6, 6.07) is 4.51. The molecule has 1 N–H and O–H groups in total. The van der Waals surface area contributed by atoms with Crippen LogP contribution < -0.4 is 0 Å². The lowest BCUT2D eigenvalue weighted by atomic mass is 9.81. The number of aliphatic hydroxyl groups is 1. The van der Waals surface area contributed by atoms with Gasteiger partial charge in [-0.05, 0) is 23.0 Å². The molecule has 1 nitrogen and oxygen atoms in total. The van der Waals surface area contributed by atoms with E-state index in [-0.39, 0.29) is 5.41 Å². The molecule has 0 fully saturated rings. The summed E-state index contributed by atoms with van der Waals surface area (Å²) in [5.74, 6) is 0. The van der Waals surface area contributed by atoms with Crippen molar-refractivity contribution in [3.63, 3.8) is 0 Å². The first kappa shape index (κ1) is 16.9. The predicted molar refractivity (Wildman–Crippen MR) is 65.7 cm³/mol. The van der Waals surface area contributed by atoms with Gasteiger partial charge in [0.25, 0.3) is 6.43 Å². The van der Waals surface area contributed by atoms with Gasteiger partial charge in [0.15, 0.2) is 0 Å². The summed E-state index contributed by atoms with van der Waals surface area (Å²) >= 11 is 0. The zero-order valence-corrected chi connectivity index (χ0v) is 11.4. The van der Waals surface area contributed by atoms with E-state index < -0.39 is 23.8 Å². The van der Waals surface area contributed by atoms with Gasteiger partial charge in [-0.2, -0.15) is 13.2 Å². The predicted octanol–water partition coefficient (Wildman–Crippen LogP) is 4.39. The molecule has 0 radical (unpaired) electrons. The van der Waals surface area contributed by atoms with Crippen LogP contribution in [-0.4, -0.2) is 17.7 Å². The van der Waals surface area contributed by atoms with Crippen molar-refractivity contribution < 1.29 is 27.1 Å². The first-order chi connectivity index (χ1) is 8.96. The average molecular weight is 296 g/mol. The first-order valence-electron chi connectivity index (χ1n) is 6.15. The molecule has 0 spiro atoms. The topological polar surface area (TPSA) is 20.2 Å². The molecule has 0 bridgehead atoms. The smallest absolute Gasteiger partial charge is 0.372 e. The normalized spacial score (nSPS) is 16.3. The van der Waals surface area contributed by atoms with Gasteiger partial charge in [-0.15, -0.1) is 0 Å². The number of rotatable bonds is 4. The lowest BCUT2D eigenvalue weighted by molar-refractivity contribution is -0.305. The van der Waals surface area contributed by atoms with E-state index in [4.69, 9.17) is 0 Å². The number of benzene rings is 1. The highest BCUT2D eigenvalue weighted by Crippen LogP contribution is 2.43. The van der Waals surface area contributed by atoms with E-state index in [0.29, 0.717) is 0 Å². The van der Waals surface area contributed by atoms with Crippen molar-refractivity contribution in [2.45, 2.75) is 50.8 Å². The molecule has 1 rings (SSSR count). The molecule has 1 aromatic rings. The van der Waals surface area contributed by atoms with E-state index in [1.165, 1.54) is 12.1 Å². The third kappa shape index (κ3) is 2.80. The molecule has 0 saturated carbocycles. The van der Waals surface area contributed by atoms with Crippen molar-refractivity contribution in [2.75, 3.05) is 0 Å². The van der Waals surface area contributed by atoms with Crippen LogP contribution in [0.2, 0.25) is 0 Å². The van der Waals surface area contributed by atoms with E-state index in [2.05, 4.69) is 0 Å². The van der Waals surface area contributed by atoms with Gasteiger partial charge in [-0.1, -0.05) is 45.0 Å². The van der Waals surface area contributed by atoms with Gasteiger partial charge < -0.3 is 5.11 Å². The summed E-state index contributed by atoms with van der Waals surface area (Å²) in [5.41, 5.74) is -4.54. The summed E-state index contributed by atoms with van der Waals surface area (Å²) in [5, 5.41) is 9.37. The van der Waals surface area contributed by atoms with Gasteiger partial charge in [0.1, 0.15) is 0 Å². The SMILES string of the molecule is CCC(C)(C)c1ccc(C(O)(C(F)F)C(F)(F)F)cc1. The second-order valence-electron chi connectivity index (χ2n) is 5.38. The molecular weight excluding hydrogens is 279 g/mol. The molecule has 0 saturated heterocycles. The van der Waals surface area contributed by atoms with Gasteiger partial charge >= 0.3 is 6.18 Å². The lowest BCUT2D eigenvalue weighted by Gasteiger charge is -2.31. The molecule has 0 heterocycles. The Hall–Kier alpha value is -1.17. The monoisotopic (exact) mass is 296 g/mol. The molecule has 0 aliphatic heterocycles. The second-order valence-corrected chi connectivity index (χ2v) is 5.38. The highest BCUT2D eigenvalue weighted by molar-refractivity contribution is 5.32. The summed E-state index contributed by atoms with van der Waals surface area (Å²) in [7, 11) is 0. The van der Waals surface area contributed by atoms with E-state index in [1.807, 2.05) is 20.8 Å². The standard InChI is InChI=1S/C14H17F5O/c1-4-12(2,3)9-5-7-10(8-6-9)13(20,11(15)16)14(17,18)19/h5-8,11,20H,4H2,1-3H3. The number of hydrogen-bond acceptors (Lipinski definition) is 1. The molecule has 114 valence electrons. The van der Waals surface area contributed by atoms with E-state index in [9.17, 15) is 27.1 Å². The fourth-order valence-electron chi connectivity index (χ4n) is 1.79. The summed E-state index contributed by atoms with van der Waals surface area (Å²) < 4.78 is 63.5. The van der Waals surface area contributed by atoms with Crippen molar-refractivity contribution in [3.05, 3.63) is 35.4 Å². The van der Waals surface area contributed by atoms with Crippen LogP contribution in [0.15, 0.2) is 24.3 Å². The van der Waals surface area contributed by atoms with Gasteiger partial charge in [0.2, 0.25) is 5.60 Å². The van der Waals surface area contributed by atoms with Crippen LogP contribution >= 0.6 is 0 Å². The third-order valence-corrected chi connectivity index (χ3v) is 3.74. The van der Waals surface area contributed by atoms with Crippen LogP contribution in [0, 0.1) is 0 Å². The number of alkyl halides is 5. The molecule has 0 aliphatic carbocycles. The molecule has 0 aromatic heterocycles. The van der Waals surface area contributed by atoms with Crippen molar-refractivity contribution in [1.29, 1.82) is 0 Å². The fourth-order valence-corrected chi connectivity index (χ4v) is 1.79. The largest absolute Gasteiger partial charge is 0.427 e. The number of halogens is 5. The van der Waals surface area contributed by atoms with Crippen LogP contribution in [0.5, 0.6) is 0 Å². The Morgan fingerprint density at radius 1 is 1.00 bits per heavy atom. The number of hydrogen-bond donors (Lipinski definition) is 1. The fraction of sp³-hybridized carbons (Fsp3) is 0.571. The molecule has 1 unspecified atom stereocenters. The molecule has 6 heteroatoms. The minimum absolute atomic E-state index is 0.278. The highest BCUT2D eigenvalue weighted by Gasteiger charge is 2.61.